The number of para-hydroxylation sites is 12. The van der Waals surface area contributed by atoms with Crippen molar-refractivity contribution in [3.05, 3.63) is 437 Å². The van der Waals surface area contributed by atoms with Gasteiger partial charge in [0.1, 0.15) is 0 Å². The Morgan fingerprint density at radius 2 is 0.248 bits per heavy atom. The Kier molecular flexibility index (Phi) is 15.8. The molecule has 0 unspecified atom stereocenters. The number of aromatic nitrogens is 6. The summed E-state index contributed by atoms with van der Waals surface area (Å²) in [5.41, 5.74) is 31.3. The molecule has 0 N–H and O–H groups in total. The van der Waals surface area contributed by atoms with Gasteiger partial charge in [0.05, 0.1) is 66.2 Å². The molecular weight excluding hydrogens is 1620 g/mol. The number of nitrogens with zero attached hydrogens (tertiary/aromatic N) is 6. The Morgan fingerprint density at radius 1 is 0.124 bits per heavy atom. The van der Waals surface area contributed by atoms with E-state index in [0.717, 1.165) is 67.5 Å². The van der Waals surface area contributed by atoms with Gasteiger partial charge >= 0.3 is 0 Å². The minimum atomic E-state index is 1.10. The molecule has 600 valence electrons. The molecule has 0 aliphatic heterocycles. The molecule has 9 heteroatoms. The Bertz CT molecular complexity index is 8310. The molecule has 28 rings (SSSR count). The minimum absolute atomic E-state index is 1.10. The summed E-state index contributed by atoms with van der Waals surface area (Å²) in [6, 6.07) is 164. The summed E-state index contributed by atoms with van der Waals surface area (Å²) in [4.78, 5) is 3.61. The number of thiophene rings is 3. The second-order valence-corrected chi connectivity index (χ2v) is 37.1. The Labute approximate surface area is 752 Å². The summed E-state index contributed by atoms with van der Waals surface area (Å²) in [5.74, 6) is 0. The lowest BCUT2D eigenvalue weighted by molar-refractivity contribution is 1.18. The van der Waals surface area contributed by atoms with Crippen LogP contribution in [0.15, 0.2) is 437 Å². The van der Waals surface area contributed by atoms with Gasteiger partial charge in [0.15, 0.2) is 0 Å². The van der Waals surface area contributed by atoms with Gasteiger partial charge in [-0.15, -0.1) is 34.0 Å². The van der Waals surface area contributed by atoms with E-state index in [2.05, 4.69) is 464 Å². The minimum Gasteiger partial charge on any atom is -0.309 e. The molecule has 0 saturated heterocycles. The normalized spacial score (nSPS) is 12.2. The summed E-state index contributed by atoms with van der Waals surface area (Å²) in [6.07, 6.45) is 0. The number of rotatable bonds is 12. The molecule has 0 aliphatic carbocycles. The first-order chi connectivity index (χ1) is 64.0. The first-order valence-corrected chi connectivity index (χ1v) is 46.6. The van der Waals surface area contributed by atoms with Crippen molar-refractivity contribution in [1.82, 2.24) is 27.4 Å². The summed E-state index contributed by atoms with van der Waals surface area (Å²) >= 11 is 5.86. The Morgan fingerprint density at radius 3 is 0.388 bits per heavy atom. The van der Waals surface area contributed by atoms with E-state index in [4.69, 9.17) is 0 Å². The molecule has 28 aromatic rings. The molecule has 0 bridgehead atoms. The van der Waals surface area contributed by atoms with Gasteiger partial charge in [-0.2, -0.15) is 0 Å². The standard InChI is InChI=1S/C120H72N6S3/c1-13-37-97-85(25-1)86-26-2-14-38-98(86)121(97)79-61-49-73(50-62-79)109-112-118(127-115(109)76-55-67-82(68-56-76)124-103-43-19-7-31-91(103)92-32-8-20-44-104(92)124)113-110(74-51-63-80(64-52-74)122-99-39-15-3-27-87(99)88-28-4-16-40-100(88)122)117(78-59-71-84(72-60-78)126-107-47-23-11-35-95(107)96-36-12-24-48-108(96)126)129-120(113)114-111(75-53-65-81(66-54-75)123-101-41-17-5-29-89(101)90-30-6-18-42-102(90)123)116(128-119(112)114)77-57-69-83(70-58-77)125-105-45-21-9-33-93(105)94-34-10-22-46-106(94)125/h1-72H. The van der Waals surface area contributed by atoms with Gasteiger partial charge in [0.2, 0.25) is 0 Å². The van der Waals surface area contributed by atoms with Crippen LogP contribution >= 0.6 is 34.0 Å². The average molecular weight is 1690 g/mol. The molecule has 0 amide bonds. The second kappa shape index (κ2) is 28.2. The van der Waals surface area contributed by atoms with E-state index in [1.165, 1.54) is 192 Å². The van der Waals surface area contributed by atoms with Crippen molar-refractivity contribution >= 4 is 195 Å². The van der Waals surface area contributed by atoms with Gasteiger partial charge in [-0.05, 0) is 179 Å². The number of hydrogen-bond acceptors (Lipinski definition) is 3. The fourth-order valence-corrected chi connectivity index (χ4v) is 26.1. The van der Waals surface area contributed by atoms with Crippen LogP contribution in [0.2, 0.25) is 0 Å². The molecule has 129 heavy (non-hydrogen) atoms. The van der Waals surface area contributed by atoms with E-state index in [1.54, 1.807) is 0 Å². The monoisotopic (exact) mass is 1690 g/mol. The summed E-state index contributed by atoms with van der Waals surface area (Å²) in [6.45, 7) is 0. The molecule has 6 nitrogen and oxygen atoms in total. The molecule has 19 aromatic carbocycles. The zero-order valence-electron chi connectivity index (χ0n) is 69.5. The summed E-state index contributed by atoms with van der Waals surface area (Å²) in [7, 11) is 0. The van der Waals surface area contributed by atoms with Crippen LogP contribution in [-0.2, 0) is 0 Å². The fourth-order valence-electron chi connectivity index (χ4n) is 21.7. The van der Waals surface area contributed by atoms with Crippen molar-refractivity contribution in [3.8, 4) is 98.8 Å². The number of hydrogen-bond donors (Lipinski definition) is 0. The van der Waals surface area contributed by atoms with Crippen LogP contribution in [0.4, 0.5) is 0 Å². The van der Waals surface area contributed by atoms with Crippen LogP contribution in [-0.4, -0.2) is 27.4 Å². The highest BCUT2D eigenvalue weighted by atomic mass is 32.1. The highest BCUT2D eigenvalue weighted by molar-refractivity contribution is 7.31. The maximum absolute atomic E-state index is 2.45. The molecule has 0 saturated carbocycles. The maximum Gasteiger partial charge on any atom is 0.0541 e. The molecule has 0 radical (unpaired) electrons. The van der Waals surface area contributed by atoms with Gasteiger partial charge in [0, 0.05) is 160 Å². The maximum atomic E-state index is 2.45. The zero-order chi connectivity index (χ0) is 84.2. The highest BCUT2D eigenvalue weighted by Crippen LogP contribution is 2.62. The zero-order valence-corrected chi connectivity index (χ0v) is 71.9. The van der Waals surface area contributed by atoms with E-state index >= 15 is 0 Å². The third-order valence-corrected chi connectivity index (χ3v) is 31.1. The third kappa shape index (κ3) is 10.7. The van der Waals surface area contributed by atoms with E-state index in [-0.39, 0.29) is 0 Å². The first-order valence-electron chi connectivity index (χ1n) is 44.1. The topological polar surface area (TPSA) is 29.6 Å². The van der Waals surface area contributed by atoms with E-state index in [0.29, 0.717) is 0 Å². The quantitative estimate of drug-likeness (QED) is 0.117. The Balaban J connectivity index is 0.763. The fraction of sp³-hybridized carbons (Fsp3) is 0. The van der Waals surface area contributed by atoms with E-state index < -0.39 is 0 Å². The van der Waals surface area contributed by atoms with Gasteiger partial charge < -0.3 is 27.4 Å². The molecule has 0 spiro atoms. The van der Waals surface area contributed by atoms with Crippen LogP contribution in [0.1, 0.15) is 0 Å². The van der Waals surface area contributed by atoms with Crippen molar-refractivity contribution in [1.29, 1.82) is 0 Å². The summed E-state index contributed by atoms with van der Waals surface area (Å²) in [5, 5.41) is 18.5. The average Bonchev–Trinajstić information content (AvgIpc) is 1.52. The van der Waals surface area contributed by atoms with Gasteiger partial charge in [-0.3, -0.25) is 0 Å². The van der Waals surface area contributed by atoms with Crippen molar-refractivity contribution in [2.75, 3.05) is 0 Å². The molecule has 0 aliphatic rings. The van der Waals surface area contributed by atoms with E-state index in [1.807, 2.05) is 34.0 Å². The van der Waals surface area contributed by atoms with Crippen LogP contribution in [0.5, 0.6) is 0 Å². The van der Waals surface area contributed by atoms with E-state index in [9.17, 15) is 0 Å². The van der Waals surface area contributed by atoms with Crippen LogP contribution < -0.4 is 0 Å². The smallest absolute Gasteiger partial charge is 0.0541 e. The van der Waals surface area contributed by atoms with Gasteiger partial charge in [-0.1, -0.05) is 291 Å². The lowest BCUT2D eigenvalue weighted by atomic mass is 9.91. The third-order valence-electron chi connectivity index (χ3n) is 27.3. The molecule has 0 atom stereocenters. The lowest BCUT2D eigenvalue weighted by Gasteiger charge is -2.13. The Hall–Kier alpha value is -16.1. The molecule has 0 fully saturated rings. The van der Waals surface area contributed by atoms with Crippen LogP contribution in [0.25, 0.3) is 260 Å². The van der Waals surface area contributed by atoms with Gasteiger partial charge in [0.25, 0.3) is 0 Å². The highest BCUT2D eigenvalue weighted by Gasteiger charge is 2.33. The molecular formula is C120H72N6S3. The number of fused-ring (bicyclic) bond motifs is 24. The van der Waals surface area contributed by atoms with Gasteiger partial charge in [-0.25, -0.2) is 0 Å². The van der Waals surface area contributed by atoms with Crippen LogP contribution in [0.3, 0.4) is 0 Å². The summed E-state index contributed by atoms with van der Waals surface area (Å²) < 4.78 is 18.4. The largest absolute Gasteiger partial charge is 0.309 e. The predicted octanol–water partition coefficient (Wildman–Crippen LogP) is 33.9. The lowest BCUT2D eigenvalue weighted by Crippen LogP contribution is -1.94. The second-order valence-electron chi connectivity index (χ2n) is 34.0. The number of benzene rings is 19. The van der Waals surface area contributed by atoms with Crippen molar-refractivity contribution < 1.29 is 0 Å². The van der Waals surface area contributed by atoms with Crippen molar-refractivity contribution in [2.24, 2.45) is 0 Å². The van der Waals surface area contributed by atoms with Crippen molar-refractivity contribution in [3.63, 3.8) is 0 Å². The van der Waals surface area contributed by atoms with Crippen LogP contribution in [0, 0.1) is 0 Å². The molecule has 9 aromatic heterocycles. The first kappa shape index (κ1) is 72.2. The molecule has 9 heterocycles. The SMILES string of the molecule is c1ccc2c(c1)c1ccccc1n2-c1ccc(-c2sc3c(c2-c2ccc(-n4c5ccccc5c5ccccc54)cc2)c2sc(-c4ccc(-n5c6ccccc6c6ccccc65)cc4)c(-c4ccc(-n5c6ccccc6c6ccccc65)cc4)c2c2sc(-c4ccc(-n5c6ccccc6c6ccccc65)cc4)c(-c4ccc(-n5c6ccccc6c6ccccc65)cc4)c32)cc1. The predicted molar refractivity (Wildman–Crippen MR) is 551 cm³/mol. The van der Waals surface area contributed by atoms with Crippen molar-refractivity contribution in [2.45, 2.75) is 0 Å².